The van der Waals surface area contributed by atoms with Gasteiger partial charge in [-0.2, -0.15) is 4.39 Å². The van der Waals surface area contributed by atoms with Crippen LogP contribution in [0.4, 0.5) is 14.5 Å². The lowest BCUT2D eigenvalue weighted by molar-refractivity contribution is -0.387. The number of hydrogen-bond acceptors (Lipinski definition) is 5. The molecule has 0 fully saturated rings. The molecular weight excluding hydrogens is 284 g/mol. The van der Waals surface area contributed by atoms with E-state index in [0.717, 1.165) is 0 Å². The number of nitro benzene ring substituents is 1. The monoisotopic (exact) mass is 295 g/mol. The van der Waals surface area contributed by atoms with Crippen molar-refractivity contribution in [2.24, 2.45) is 5.73 Å². The number of nitrogens with zero attached hydrogens (tertiary/aromatic N) is 2. The summed E-state index contributed by atoms with van der Waals surface area (Å²) in [6, 6.07) is 3.91. The van der Waals surface area contributed by atoms with Crippen molar-refractivity contribution in [2.45, 2.75) is 13.0 Å². The molecule has 0 bridgehead atoms. The molecule has 0 saturated heterocycles. The van der Waals surface area contributed by atoms with Crippen LogP contribution in [0.15, 0.2) is 30.5 Å². The van der Waals surface area contributed by atoms with Crippen LogP contribution >= 0.6 is 0 Å². The first-order chi connectivity index (χ1) is 9.88. The fourth-order valence-electron chi connectivity index (χ4n) is 1.61. The number of halogens is 2. The molecule has 0 aliphatic heterocycles. The molecule has 6 nitrogen and oxygen atoms in total. The maximum atomic E-state index is 13.7. The van der Waals surface area contributed by atoms with Crippen LogP contribution in [0.1, 0.15) is 18.5 Å². The first-order valence-corrected chi connectivity index (χ1v) is 5.91. The third-order valence-electron chi connectivity index (χ3n) is 2.70. The van der Waals surface area contributed by atoms with E-state index in [1.54, 1.807) is 13.0 Å². The third-order valence-corrected chi connectivity index (χ3v) is 2.70. The smallest absolute Gasteiger partial charge is 0.307 e. The second kappa shape index (κ2) is 5.80. The molecule has 0 aliphatic carbocycles. The normalized spacial score (nSPS) is 12.0. The van der Waals surface area contributed by atoms with Gasteiger partial charge in [0.1, 0.15) is 0 Å². The van der Waals surface area contributed by atoms with Gasteiger partial charge in [-0.15, -0.1) is 0 Å². The molecular formula is C13H11F2N3O3. The van der Waals surface area contributed by atoms with Gasteiger partial charge in [0.15, 0.2) is 11.6 Å². The van der Waals surface area contributed by atoms with Gasteiger partial charge >= 0.3 is 5.69 Å². The van der Waals surface area contributed by atoms with Crippen molar-refractivity contribution in [2.75, 3.05) is 0 Å². The molecule has 2 aromatic rings. The van der Waals surface area contributed by atoms with Crippen molar-refractivity contribution >= 4 is 5.69 Å². The molecule has 1 aromatic carbocycles. The summed E-state index contributed by atoms with van der Waals surface area (Å²) in [5, 5.41) is 10.5. The summed E-state index contributed by atoms with van der Waals surface area (Å²) in [6.07, 6.45) is 1.41. The minimum atomic E-state index is -1.19. The van der Waals surface area contributed by atoms with Gasteiger partial charge in [0, 0.05) is 24.4 Å². The predicted molar refractivity (Wildman–Crippen MR) is 69.9 cm³/mol. The summed E-state index contributed by atoms with van der Waals surface area (Å²) in [4.78, 5) is 13.3. The number of hydrogen-bond donors (Lipinski definition) is 1. The van der Waals surface area contributed by atoms with E-state index in [1.807, 2.05) is 0 Å². The van der Waals surface area contributed by atoms with E-state index in [1.165, 1.54) is 12.3 Å². The van der Waals surface area contributed by atoms with E-state index in [9.17, 15) is 18.9 Å². The van der Waals surface area contributed by atoms with Gasteiger partial charge in [-0.3, -0.25) is 10.1 Å². The molecule has 2 N–H and O–H groups in total. The van der Waals surface area contributed by atoms with Gasteiger partial charge in [0.2, 0.25) is 11.7 Å². The number of nitro groups is 1. The summed E-state index contributed by atoms with van der Waals surface area (Å²) in [6.45, 7) is 1.74. The highest BCUT2D eigenvalue weighted by Crippen LogP contribution is 2.29. The van der Waals surface area contributed by atoms with Crippen LogP contribution in [-0.2, 0) is 0 Å². The van der Waals surface area contributed by atoms with Gasteiger partial charge < -0.3 is 10.5 Å². The predicted octanol–water partition coefficient (Wildman–Crippen LogP) is 3.08. The van der Waals surface area contributed by atoms with Crippen LogP contribution in [0, 0.1) is 21.7 Å². The maximum Gasteiger partial charge on any atom is 0.307 e. The number of ether oxygens (including phenoxy) is 1. The Balaban J connectivity index is 2.34. The highest BCUT2D eigenvalue weighted by molar-refractivity contribution is 5.41. The molecule has 1 heterocycles. The van der Waals surface area contributed by atoms with Gasteiger partial charge in [-0.25, -0.2) is 9.37 Å². The first-order valence-electron chi connectivity index (χ1n) is 5.91. The van der Waals surface area contributed by atoms with Crippen molar-refractivity contribution in [3.63, 3.8) is 0 Å². The first kappa shape index (κ1) is 14.8. The Morgan fingerprint density at radius 1 is 1.33 bits per heavy atom. The Hall–Kier alpha value is -2.61. The Morgan fingerprint density at radius 2 is 2.05 bits per heavy atom. The zero-order valence-corrected chi connectivity index (χ0v) is 10.9. The minimum absolute atomic E-state index is 0.0111. The summed E-state index contributed by atoms with van der Waals surface area (Å²) in [5.41, 5.74) is 5.43. The molecule has 110 valence electrons. The van der Waals surface area contributed by atoms with Crippen molar-refractivity contribution in [3.05, 3.63) is 57.8 Å². The lowest BCUT2D eigenvalue weighted by Gasteiger charge is -2.09. The maximum absolute atomic E-state index is 13.7. The second-order valence-electron chi connectivity index (χ2n) is 4.31. The Labute approximate surface area is 118 Å². The van der Waals surface area contributed by atoms with Gasteiger partial charge in [-0.1, -0.05) is 0 Å². The average Bonchev–Trinajstić information content (AvgIpc) is 2.42. The fraction of sp³-hybridized carbons (Fsp3) is 0.154. The van der Waals surface area contributed by atoms with Crippen molar-refractivity contribution in [1.29, 1.82) is 0 Å². The Bertz CT molecular complexity index is 692. The van der Waals surface area contributed by atoms with E-state index >= 15 is 0 Å². The van der Waals surface area contributed by atoms with Crippen LogP contribution in [0.3, 0.4) is 0 Å². The lowest BCUT2D eigenvalue weighted by Crippen LogP contribution is -2.05. The van der Waals surface area contributed by atoms with Crippen LogP contribution in [0.25, 0.3) is 0 Å². The van der Waals surface area contributed by atoms with Crippen molar-refractivity contribution in [1.82, 2.24) is 4.98 Å². The number of rotatable bonds is 4. The molecule has 2 rings (SSSR count). The van der Waals surface area contributed by atoms with Crippen molar-refractivity contribution < 1.29 is 18.4 Å². The lowest BCUT2D eigenvalue weighted by atomic mass is 10.1. The van der Waals surface area contributed by atoms with E-state index in [0.29, 0.717) is 17.7 Å². The standard InChI is InChI=1S/C13H11F2N3O3/c1-7(16)8-2-3-17-13(4-8)21-12-6-9(14)11(18(19)20)5-10(12)15/h2-7H,16H2,1H3/t7-/m1/s1. The molecule has 0 unspecified atom stereocenters. The quantitative estimate of drug-likeness (QED) is 0.691. The molecule has 0 aliphatic rings. The Morgan fingerprint density at radius 3 is 2.67 bits per heavy atom. The molecule has 8 heteroatoms. The molecule has 21 heavy (non-hydrogen) atoms. The summed E-state index contributed by atoms with van der Waals surface area (Å²) in [7, 11) is 0. The highest BCUT2D eigenvalue weighted by Gasteiger charge is 2.20. The number of nitrogens with two attached hydrogens (primary N) is 1. The SMILES string of the molecule is C[C@@H](N)c1ccnc(Oc2cc(F)c([N+](=O)[O-])cc2F)c1. The van der Waals surface area contributed by atoms with Gasteiger partial charge in [0.05, 0.1) is 11.0 Å². The second-order valence-corrected chi connectivity index (χ2v) is 4.31. The number of benzene rings is 1. The molecule has 1 atom stereocenters. The van der Waals surface area contributed by atoms with Gasteiger partial charge in [-0.05, 0) is 18.6 Å². The van der Waals surface area contributed by atoms with E-state index in [2.05, 4.69) is 4.98 Å². The van der Waals surface area contributed by atoms with Crippen LogP contribution < -0.4 is 10.5 Å². The molecule has 0 radical (unpaired) electrons. The Kier molecular flexibility index (Phi) is 4.08. The molecule has 0 saturated carbocycles. The minimum Gasteiger partial charge on any atom is -0.436 e. The molecule has 1 aromatic heterocycles. The van der Waals surface area contributed by atoms with Crippen molar-refractivity contribution in [3.8, 4) is 11.6 Å². The van der Waals surface area contributed by atoms with E-state index in [-0.39, 0.29) is 11.9 Å². The van der Waals surface area contributed by atoms with Crippen LogP contribution in [0.5, 0.6) is 11.6 Å². The average molecular weight is 295 g/mol. The zero-order valence-electron chi connectivity index (χ0n) is 10.9. The van der Waals surface area contributed by atoms with Crippen LogP contribution in [0.2, 0.25) is 0 Å². The van der Waals surface area contributed by atoms with E-state index in [4.69, 9.17) is 10.5 Å². The highest BCUT2D eigenvalue weighted by atomic mass is 19.1. The van der Waals surface area contributed by atoms with E-state index < -0.39 is 28.0 Å². The topological polar surface area (TPSA) is 91.3 Å². The number of pyridine rings is 1. The summed E-state index contributed by atoms with van der Waals surface area (Å²) in [5.74, 6) is -2.74. The summed E-state index contributed by atoms with van der Waals surface area (Å²) < 4.78 is 32.3. The zero-order chi connectivity index (χ0) is 15.6. The fourth-order valence-corrected chi connectivity index (χ4v) is 1.61. The molecule has 0 amide bonds. The van der Waals surface area contributed by atoms with Crippen LogP contribution in [-0.4, -0.2) is 9.91 Å². The summed E-state index contributed by atoms with van der Waals surface area (Å²) >= 11 is 0. The number of aromatic nitrogens is 1. The third kappa shape index (κ3) is 3.29. The largest absolute Gasteiger partial charge is 0.436 e. The van der Waals surface area contributed by atoms with Gasteiger partial charge in [0.25, 0.3) is 0 Å². The molecule has 0 spiro atoms.